The quantitative estimate of drug-likeness (QED) is 0.783. The Labute approximate surface area is 114 Å². The summed E-state index contributed by atoms with van der Waals surface area (Å²) in [7, 11) is 0. The van der Waals surface area contributed by atoms with Gasteiger partial charge in [0.1, 0.15) is 5.75 Å². The van der Waals surface area contributed by atoms with Crippen LogP contribution >= 0.6 is 0 Å². The number of amides is 1. The summed E-state index contributed by atoms with van der Waals surface area (Å²) in [5.74, 6) is 0.182. The van der Waals surface area contributed by atoms with Gasteiger partial charge in [0.05, 0.1) is 5.41 Å². The zero-order chi connectivity index (χ0) is 13.9. The number of benzene rings is 1. The van der Waals surface area contributed by atoms with E-state index in [0.717, 1.165) is 31.2 Å². The summed E-state index contributed by atoms with van der Waals surface area (Å²) in [4.78, 5) is 12.4. The van der Waals surface area contributed by atoms with Crippen LogP contribution in [-0.4, -0.2) is 17.6 Å². The van der Waals surface area contributed by atoms with E-state index < -0.39 is 5.41 Å². The molecule has 4 heteroatoms. The van der Waals surface area contributed by atoms with Crippen molar-refractivity contribution in [3.8, 4) is 5.75 Å². The van der Waals surface area contributed by atoms with E-state index in [1.807, 2.05) is 6.92 Å². The van der Waals surface area contributed by atoms with Crippen molar-refractivity contribution in [1.29, 1.82) is 0 Å². The second-order valence-electron chi connectivity index (χ2n) is 5.50. The molecule has 1 saturated carbocycles. The number of phenolic OH excluding ortho intramolecular Hbond substituents is 1. The van der Waals surface area contributed by atoms with Crippen LogP contribution in [0.25, 0.3) is 0 Å². The molecule has 0 radical (unpaired) electrons. The summed E-state index contributed by atoms with van der Waals surface area (Å²) >= 11 is 0. The molecule has 4 nitrogen and oxygen atoms in total. The molecule has 1 fully saturated rings. The molecule has 1 aliphatic rings. The van der Waals surface area contributed by atoms with Gasteiger partial charge in [0, 0.05) is 18.3 Å². The van der Waals surface area contributed by atoms with Crippen molar-refractivity contribution in [2.24, 2.45) is 11.1 Å². The Kier molecular flexibility index (Phi) is 4.10. The predicted octanol–water partition coefficient (Wildman–Crippen LogP) is 2.55. The first-order chi connectivity index (χ1) is 9.07. The van der Waals surface area contributed by atoms with Crippen LogP contribution in [0.15, 0.2) is 18.2 Å². The highest BCUT2D eigenvalue weighted by atomic mass is 16.3. The van der Waals surface area contributed by atoms with Crippen molar-refractivity contribution < 1.29 is 9.90 Å². The summed E-state index contributed by atoms with van der Waals surface area (Å²) in [5, 5.41) is 12.6. The number of hydrogen-bond acceptors (Lipinski definition) is 3. The molecule has 4 N–H and O–H groups in total. The molecule has 0 saturated heterocycles. The third kappa shape index (κ3) is 2.89. The second-order valence-corrected chi connectivity index (χ2v) is 5.50. The normalized spacial score (nSPS) is 18.0. The molecule has 1 aromatic carbocycles. The highest BCUT2D eigenvalue weighted by Crippen LogP contribution is 2.36. The number of nitrogens with one attached hydrogen (secondary N) is 1. The SMILES string of the molecule is Cc1ccc(NC(=O)C2(CN)CCCCC2)cc1O. The highest BCUT2D eigenvalue weighted by molar-refractivity contribution is 5.95. The first-order valence-electron chi connectivity index (χ1n) is 6.88. The van der Waals surface area contributed by atoms with Gasteiger partial charge in [-0.1, -0.05) is 25.3 Å². The molecule has 104 valence electrons. The van der Waals surface area contributed by atoms with E-state index in [-0.39, 0.29) is 11.7 Å². The molecular weight excluding hydrogens is 240 g/mol. The number of aryl methyl sites for hydroxylation is 1. The first kappa shape index (κ1) is 13.9. The van der Waals surface area contributed by atoms with Crippen LogP contribution in [0.1, 0.15) is 37.7 Å². The molecule has 0 bridgehead atoms. The Bertz CT molecular complexity index is 465. The number of carbonyl (C=O) groups is 1. The van der Waals surface area contributed by atoms with Crippen LogP contribution in [0, 0.1) is 12.3 Å². The third-order valence-corrected chi connectivity index (χ3v) is 4.15. The minimum absolute atomic E-state index is 0.0158. The predicted molar refractivity (Wildman–Crippen MR) is 76.0 cm³/mol. The molecule has 0 spiro atoms. The fourth-order valence-corrected chi connectivity index (χ4v) is 2.70. The monoisotopic (exact) mass is 262 g/mol. The van der Waals surface area contributed by atoms with Gasteiger partial charge in [-0.15, -0.1) is 0 Å². The molecule has 1 amide bonds. The van der Waals surface area contributed by atoms with Gasteiger partial charge in [-0.3, -0.25) is 4.79 Å². The van der Waals surface area contributed by atoms with Crippen LogP contribution < -0.4 is 11.1 Å². The van der Waals surface area contributed by atoms with Crippen molar-refractivity contribution in [1.82, 2.24) is 0 Å². The molecular formula is C15H22N2O2. The van der Waals surface area contributed by atoms with Crippen LogP contribution in [0.5, 0.6) is 5.75 Å². The van der Waals surface area contributed by atoms with Gasteiger partial charge in [-0.05, 0) is 31.4 Å². The molecule has 0 atom stereocenters. The number of aromatic hydroxyl groups is 1. The summed E-state index contributed by atoms with van der Waals surface area (Å²) in [6, 6.07) is 5.18. The number of phenols is 1. The van der Waals surface area contributed by atoms with Crippen LogP contribution in [-0.2, 0) is 4.79 Å². The van der Waals surface area contributed by atoms with E-state index in [2.05, 4.69) is 5.32 Å². The second kappa shape index (κ2) is 5.61. The molecule has 2 rings (SSSR count). The molecule has 0 unspecified atom stereocenters. The lowest BCUT2D eigenvalue weighted by Crippen LogP contribution is -2.43. The van der Waals surface area contributed by atoms with Gasteiger partial charge >= 0.3 is 0 Å². The van der Waals surface area contributed by atoms with Gasteiger partial charge in [0.15, 0.2) is 0 Å². The number of carbonyl (C=O) groups excluding carboxylic acids is 1. The van der Waals surface area contributed by atoms with Gasteiger partial charge in [-0.2, -0.15) is 0 Å². The van der Waals surface area contributed by atoms with Crippen LogP contribution in [0.4, 0.5) is 5.69 Å². The third-order valence-electron chi connectivity index (χ3n) is 4.15. The Morgan fingerprint density at radius 2 is 2.05 bits per heavy atom. The number of anilines is 1. The summed E-state index contributed by atoms with van der Waals surface area (Å²) in [5.41, 5.74) is 6.83. The lowest BCUT2D eigenvalue weighted by atomic mass is 9.73. The largest absolute Gasteiger partial charge is 0.508 e. The Morgan fingerprint density at radius 3 is 2.63 bits per heavy atom. The average molecular weight is 262 g/mol. The lowest BCUT2D eigenvalue weighted by molar-refractivity contribution is -0.126. The highest BCUT2D eigenvalue weighted by Gasteiger charge is 2.38. The van der Waals surface area contributed by atoms with E-state index in [9.17, 15) is 9.90 Å². The van der Waals surface area contributed by atoms with Gasteiger partial charge in [0.2, 0.25) is 5.91 Å². The van der Waals surface area contributed by atoms with Crippen molar-refractivity contribution in [2.75, 3.05) is 11.9 Å². The Balaban J connectivity index is 2.12. The number of hydrogen-bond donors (Lipinski definition) is 3. The standard InChI is InChI=1S/C15H22N2O2/c1-11-5-6-12(9-13(11)18)17-14(19)15(10-16)7-3-2-4-8-15/h5-6,9,18H,2-4,7-8,10,16H2,1H3,(H,17,19). The van der Waals surface area contributed by atoms with Gasteiger partial charge in [0.25, 0.3) is 0 Å². The molecule has 0 heterocycles. The molecule has 19 heavy (non-hydrogen) atoms. The fourth-order valence-electron chi connectivity index (χ4n) is 2.70. The van der Waals surface area contributed by atoms with Crippen LogP contribution in [0.2, 0.25) is 0 Å². The van der Waals surface area contributed by atoms with Gasteiger partial charge < -0.3 is 16.2 Å². The average Bonchev–Trinajstić information content (AvgIpc) is 2.43. The van der Waals surface area contributed by atoms with E-state index in [4.69, 9.17) is 5.73 Å². The number of rotatable bonds is 3. The molecule has 1 aromatic rings. The summed E-state index contributed by atoms with van der Waals surface area (Å²) in [6.45, 7) is 2.21. The van der Waals surface area contributed by atoms with Crippen LogP contribution in [0.3, 0.4) is 0 Å². The summed E-state index contributed by atoms with van der Waals surface area (Å²) in [6.07, 6.45) is 5.01. The van der Waals surface area contributed by atoms with E-state index in [1.54, 1.807) is 18.2 Å². The fraction of sp³-hybridized carbons (Fsp3) is 0.533. The first-order valence-corrected chi connectivity index (χ1v) is 6.88. The minimum Gasteiger partial charge on any atom is -0.508 e. The van der Waals surface area contributed by atoms with Crippen molar-refractivity contribution >= 4 is 11.6 Å². The van der Waals surface area contributed by atoms with E-state index >= 15 is 0 Å². The maximum atomic E-state index is 12.4. The number of nitrogens with two attached hydrogens (primary N) is 1. The van der Waals surface area contributed by atoms with E-state index in [0.29, 0.717) is 12.2 Å². The zero-order valence-electron chi connectivity index (χ0n) is 11.4. The maximum Gasteiger partial charge on any atom is 0.231 e. The van der Waals surface area contributed by atoms with E-state index in [1.165, 1.54) is 6.42 Å². The Hall–Kier alpha value is -1.55. The molecule has 0 aliphatic heterocycles. The smallest absolute Gasteiger partial charge is 0.231 e. The van der Waals surface area contributed by atoms with Crippen molar-refractivity contribution in [3.05, 3.63) is 23.8 Å². The van der Waals surface area contributed by atoms with Gasteiger partial charge in [-0.25, -0.2) is 0 Å². The lowest BCUT2D eigenvalue weighted by Gasteiger charge is -2.34. The molecule has 1 aliphatic carbocycles. The Morgan fingerprint density at radius 1 is 1.37 bits per heavy atom. The minimum atomic E-state index is -0.432. The summed E-state index contributed by atoms with van der Waals surface area (Å²) < 4.78 is 0. The molecule has 0 aromatic heterocycles. The maximum absolute atomic E-state index is 12.4. The van der Waals surface area contributed by atoms with Crippen molar-refractivity contribution in [3.63, 3.8) is 0 Å². The zero-order valence-corrected chi connectivity index (χ0v) is 11.4. The van der Waals surface area contributed by atoms with Crippen molar-refractivity contribution in [2.45, 2.75) is 39.0 Å². The topological polar surface area (TPSA) is 75.4 Å².